The van der Waals surface area contributed by atoms with Gasteiger partial charge in [-0.3, -0.25) is 0 Å². The average molecular weight is 875 g/mol. The Morgan fingerprint density at radius 2 is 1.35 bits per heavy atom. The Balaban J connectivity index is 0.000000314. The van der Waals surface area contributed by atoms with E-state index in [1.807, 2.05) is 36.1 Å². The van der Waals surface area contributed by atoms with Gasteiger partial charge in [0.1, 0.15) is 0 Å². The third kappa shape index (κ3) is 6.94. The fourth-order valence-corrected chi connectivity index (χ4v) is 8.27. The molecule has 0 bridgehead atoms. The van der Waals surface area contributed by atoms with Crippen molar-refractivity contribution in [3.8, 4) is 0 Å². The first-order chi connectivity index (χ1) is 16.0. The number of β-amino-alcohol motifs (C(OH)–C–C–N with tert-alkyl or cyclic N) is 1. The predicted molar refractivity (Wildman–Crippen MR) is 124 cm³/mol. The standard InChI is InChI=1S/C17H19I2N2O2.C7H13N2O.Au/c1-3-9-18-20-11-21(19-10-4-2)15-14(20)16(22)12-7-5-6-8-13(12)17(15)23;1-2-8-3-4-9(7-8)5-6-10;/h5-8,11H,3-4,9-10H2,1-2H3;3-4,7,10H,2,5-6H2,1H3;/q-3;-1;+3. The Morgan fingerprint density at radius 1 is 0.853 bits per heavy atom. The molecule has 1 aromatic rings. The molecule has 1 N–H and O–H groups in total. The Hall–Kier alpha value is -0.730. The second kappa shape index (κ2) is 14.7. The van der Waals surface area contributed by atoms with Gasteiger partial charge in [0, 0.05) is 6.54 Å². The monoisotopic (exact) mass is 875 g/mol. The zero-order valence-corrected chi connectivity index (χ0v) is 26.2. The van der Waals surface area contributed by atoms with Crippen molar-refractivity contribution >= 4 is 10.8 Å². The summed E-state index contributed by atoms with van der Waals surface area (Å²) in [7, 11) is 0. The van der Waals surface area contributed by atoms with E-state index in [2.05, 4.69) is 37.6 Å². The summed E-state index contributed by atoms with van der Waals surface area (Å²) in [4.78, 5) is 30.0. The van der Waals surface area contributed by atoms with Crippen LogP contribution < -0.4 is 53.8 Å². The first kappa shape index (κ1) is 29.5. The van der Waals surface area contributed by atoms with Crippen LogP contribution in [0, 0.1) is 17.4 Å². The molecule has 1 aliphatic carbocycles. The minimum Gasteiger partial charge on any atom is -0.508 e. The number of fused-ring (bicyclic) bond motifs is 1. The van der Waals surface area contributed by atoms with E-state index in [-0.39, 0.29) is 82.8 Å². The van der Waals surface area contributed by atoms with E-state index in [1.54, 1.807) is 12.1 Å². The summed E-state index contributed by atoms with van der Waals surface area (Å²) in [6, 6.07) is 7.22. The Labute approximate surface area is 237 Å². The smallest absolute Gasteiger partial charge is 0.508 e. The molecule has 2 aliphatic heterocycles. The molecule has 7 nitrogen and oxygen atoms in total. The molecule has 10 heteroatoms. The third-order valence-corrected chi connectivity index (χ3v) is 11.0. The minimum absolute atomic E-state index is 0. The predicted octanol–water partition coefficient (Wildman–Crippen LogP) is -3.66. The van der Waals surface area contributed by atoms with Crippen molar-refractivity contribution in [2.24, 2.45) is 0 Å². The van der Waals surface area contributed by atoms with Crippen molar-refractivity contribution < 1.29 is 70.4 Å². The Kier molecular flexibility index (Phi) is 12.8. The molecule has 0 amide bonds. The summed E-state index contributed by atoms with van der Waals surface area (Å²) in [5, 5.41) is 11.0. The van der Waals surface area contributed by atoms with Gasteiger partial charge in [0.15, 0.2) is 0 Å². The number of aromatic nitrogens is 2. The van der Waals surface area contributed by atoms with Crippen molar-refractivity contribution in [2.45, 2.75) is 33.6 Å². The van der Waals surface area contributed by atoms with Crippen molar-refractivity contribution in [2.75, 3.05) is 28.6 Å². The molecule has 0 atom stereocenters. The van der Waals surface area contributed by atoms with Gasteiger partial charge in [-0.05, 0) is 18.9 Å². The van der Waals surface area contributed by atoms with E-state index >= 15 is 0 Å². The molecule has 1 aromatic carbocycles. The van der Waals surface area contributed by atoms with Gasteiger partial charge < -0.3 is 14.9 Å². The molecule has 2 heterocycles. The van der Waals surface area contributed by atoms with E-state index in [1.165, 1.54) is 0 Å². The summed E-state index contributed by atoms with van der Waals surface area (Å²) < 4.78 is 6.47. The normalized spacial score (nSPS) is 13.1. The molecular weight excluding hydrogens is 843 g/mol. The molecule has 192 valence electrons. The third-order valence-electron chi connectivity index (χ3n) is 4.97. The molecule has 0 aromatic heterocycles. The van der Waals surface area contributed by atoms with Crippen LogP contribution in [0.4, 0.5) is 0 Å². The van der Waals surface area contributed by atoms with Crippen LogP contribution in [0.5, 0.6) is 0 Å². The fourth-order valence-electron chi connectivity index (χ4n) is 3.36. The number of aliphatic hydroxyl groups is 1. The SMILES string of the molecule is CCC[I-]n1[cH-]n([I-]CCC)c2c(=O)c3ccccc3c(=O)c1=2.CCN1C=CN(CCO)[CH-]1.[Au+3]. The summed E-state index contributed by atoms with van der Waals surface area (Å²) >= 11 is -0.564. The zero-order valence-electron chi connectivity index (χ0n) is 19.7. The molecule has 0 saturated carbocycles. The second-order valence-electron chi connectivity index (χ2n) is 7.46. The maximum Gasteiger partial charge on any atom is 3.00 e. The van der Waals surface area contributed by atoms with Crippen LogP contribution in [-0.4, -0.2) is 49.0 Å². The van der Waals surface area contributed by atoms with Gasteiger partial charge in [0.2, 0.25) is 0 Å². The van der Waals surface area contributed by atoms with Gasteiger partial charge in [-0.15, -0.1) is 0 Å². The van der Waals surface area contributed by atoms with E-state index in [4.69, 9.17) is 5.11 Å². The molecule has 0 radical (unpaired) electrons. The summed E-state index contributed by atoms with van der Waals surface area (Å²) in [5.41, 5.74) is 0.0375. The number of benzene rings is 1. The van der Waals surface area contributed by atoms with Crippen LogP contribution in [0.15, 0.2) is 52.6 Å². The number of hydrogen-bond donors (Lipinski definition) is 1. The Bertz CT molecular complexity index is 1180. The molecule has 34 heavy (non-hydrogen) atoms. The molecule has 0 saturated heterocycles. The molecular formula is C24H32AuI2N4O3-. The summed E-state index contributed by atoms with van der Waals surface area (Å²) in [5.74, 6) is 0. The molecule has 0 fully saturated rings. The first-order valence-corrected chi connectivity index (χ1v) is 16.2. The van der Waals surface area contributed by atoms with Crippen LogP contribution in [0.25, 0.3) is 10.8 Å². The zero-order chi connectivity index (χ0) is 23.8. The van der Waals surface area contributed by atoms with Crippen LogP contribution in [0.3, 0.4) is 0 Å². The van der Waals surface area contributed by atoms with Gasteiger partial charge in [0.05, 0.1) is 6.61 Å². The maximum absolute atomic E-state index is 13.0. The van der Waals surface area contributed by atoms with Crippen molar-refractivity contribution in [1.82, 2.24) is 15.4 Å². The molecule has 0 spiro atoms. The van der Waals surface area contributed by atoms with Crippen molar-refractivity contribution in [1.29, 1.82) is 0 Å². The van der Waals surface area contributed by atoms with Gasteiger partial charge in [0.25, 0.3) is 0 Å². The molecule has 4 rings (SSSR count). The van der Waals surface area contributed by atoms with Crippen LogP contribution >= 0.6 is 0 Å². The van der Waals surface area contributed by atoms with Crippen LogP contribution in [0.2, 0.25) is 0 Å². The second-order valence-corrected chi connectivity index (χ2v) is 13.1. The van der Waals surface area contributed by atoms with E-state index in [0.29, 0.717) is 28.0 Å². The molecule has 0 unspecified atom stereocenters. The van der Waals surface area contributed by atoms with Crippen LogP contribution in [0.1, 0.15) is 33.6 Å². The maximum atomic E-state index is 13.0. The topological polar surface area (TPSA) is 70.7 Å². The summed E-state index contributed by atoms with van der Waals surface area (Å²) in [6.45, 7) is 10.3. The molecule has 3 aliphatic rings. The van der Waals surface area contributed by atoms with E-state index in [9.17, 15) is 9.59 Å². The largest absolute Gasteiger partial charge is 3.00 e. The van der Waals surface area contributed by atoms with Gasteiger partial charge in [-0.25, -0.2) is 0 Å². The number of hydrogen-bond acceptors (Lipinski definition) is 5. The number of halogens is 2. The number of aliphatic hydroxyl groups excluding tert-OH is 1. The number of rotatable bonds is 9. The van der Waals surface area contributed by atoms with Crippen LogP contribution in [-0.2, 0) is 22.4 Å². The van der Waals surface area contributed by atoms with Crippen molar-refractivity contribution in [3.05, 3.63) is 80.8 Å². The number of nitrogens with zero attached hydrogens (tertiary/aromatic N) is 4. The summed E-state index contributed by atoms with van der Waals surface area (Å²) in [6.07, 6.45) is 8.24. The quantitative estimate of drug-likeness (QED) is 0.104. The van der Waals surface area contributed by atoms with Gasteiger partial charge in [-0.1, -0.05) is 6.92 Å². The Morgan fingerprint density at radius 3 is 1.76 bits per heavy atom. The average Bonchev–Trinajstić information content (AvgIpc) is 3.45. The number of alkyl halides is 2. The minimum atomic E-state index is -0.282. The van der Waals surface area contributed by atoms with Gasteiger partial charge >= 0.3 is 179 Å². The van der Waals surface area contributed by atoms with Gasteiger partial charge in [-0.2, -0.15) is 6.67 Å². The van der Waals surface area contributed by atoms with E-state index < -0.39 is 0 Å². The first-order valence-electron chi connectivity index (χ1n) is 11.3. The fraction of sp³-hybridized carbons (Fsp3) is 0.417. The van der Waals surface area contributed by atoms with E-state index in [0.717, 1.165) is 28.2 Å². The van der Waals surface area contributed by atoms with Crippen molar-refractivity contribution in [3.63, 3.8) is 0 Å².